The van der Waals surface area contributed by atoms with Crippen molar-refractivity contribution in [2.45, 2.75) is 12.8 Å². The van der Waals surface area contributed by atoms with Crippen LogP contribution in [0.4, 0.5) is 22.0 Å². The van der Waals surface area contributed by atoms with Gasteiger partial charge in [-0.05, 0) is 54.1 Å². The molecule has 0 saturated heterocycles. The van der Waals surface area contributed by atoms with Gasteiger partial charge in [0.05, 0.1) is 5.56 Å². The SMILES string of the molecule is C=CCCc1cnc(-c2cc(F)c(C#Cc3ccc4c(F)c(F)c(F)cc4c3)c(F)c2)nc1. The third kappa shape index (κ3) is 4.60. The second kappa shape index (κ2) is 9.21. The molecule has 0 bridgehead atoms. The lowest BCUT2D eigenvalue weighted by Crippen LogP contribution is -1.97. The molecular formula is C26H15F5N2. The summed E-state index contributed by atoms with van der Waals surface area (Å²) in [6, 6.07) is 6.88. The number of benzene rings is 3. The lowest BCUT2D eigenvalue weighted by Gasteiger charge is -2.05. The largest absolute Gasteiger partial charge is 0.236 e. The summed E-state index contributed by atoms with van der Waals surface area (Å²) in [6.07, 6.45) is 6.42. The minimum absolute atomic E-state index is 0.0724. The normalized spacial score (nSPS) is 10.7. The second-order valence-corrected chi connectivity index (χ2v) is 7.23. The Balaban J connectivity index is 1.64. The first-order valence-electron chi connectivity index (χ1n) is 9.88. The van der Waals surface area contributed by atoms with E-state index < -0.39 is 34.6 Å². The molecule has 0 aliphatic heterocycles. The van der Waals surface area contributed by atoms with Gasteiger partial charge in [0.25, 0.3) is 0 Å². The Morgan fingerprint density at radius 1 is 0.818 bits per heavy atom. The maximum absolute atomic E-state index is 14.6. The lowest BCUT2D eigenvalue weighted by molar-refractivity contribution is 0.453. The highest BCUT2D eigenvalue weighted by Gasteiger charge is 2.14. The van der Waals surface area contributed by atoms with Gasteiger partial charge in [-0.25, -0.2) is 31.9 Å². The van der Waals surface area contributed by atoms with Crippen LogP contribution in [0.25, 0.3) is 22.2 Å². The topological polar surface area (TPSA) is 25.8 Å². The number of aryl methyl sites for hydroxylation is 1. The number of nitrogens with zero attached hydrogens (tertiary/aromatic N) is 2. The first-order chi connectivity index (χ1) is 15.9. The summed E-state index contributed by atoms with van der Waals surface area (Å²) in [7, 11) is 0. The van der Waals surface area contributed by atoms with Crippen LogP contribution in [0.5, 0.6) is 0 Å². The van der Waals surface area contributed by atoms with Crippen molar-refractivity contribution in [2.75, 3.05) is 0 Å². The maximum atomic E-state index is 14.6. The molecule has 0 aliphatic carbocycles. The van der Waals surface area contributed by atoms with E-state index in [1.807, 2.05) is 0 Å². The van der Waals surface area contributed by atoms with Crippen LogP contribution >= 0.6 is 0 Å². The molecule has 0 N–H and O–H groups in total. The van der Waals surface area contributed by atoms with Crippen LogP contribution in [0.3, 0.4) is 0 Å². The molecule has 0 spiro atoms. The van der Waals surface area contributed by atoms with Crippen LogP contribution in [-0.2, 0) is 6.42 Å². The molecule has 33 heavy (non-hydrogen) atoms. The van der Waals surface area contributed by atoms with Crippen molar-refractivity contribution in [2.24, 2.45) is 0 Å². The van der Waals surface area contributed by atoms with Gasteiger partial charge in [0.15, 0.2) is 23.3 Å². The summed E-state index contributed by atoms with van der Waals surface area (Å²) in [4.78, 5) is 8.31. The Hall–Kier alpha value is -4.05. The van der Waals surface area contributed by atoms with Crippen molar-refractivity contribution in [3.05, 3.63) is 107 Å². The van der Waals surface area contributed by atoms with Gasteiger partial charge in [0, 0.05) is 28.9 Å². The van der Waals surface area contributed by atoms with E-state index in [4.69, 9.17) is 0 Å². The minimum atomic E-state index is -1.57. The molecule has 0 atom stereocenters. The summed E-state index contributed by atoms with van der Waals surface area (Å²) in [6.45, 7) is 3.65. The van der Waals surface area contributed by atoms with E-state index in [0.717, 1.165) is 30.2 Å². The van der Waals surface area contributed by atoms with Gasteiger partial charge in [-0.1, -0.05) is 24.0 Å². The standard InChI is InChI=1S/C26H15F5N2/c1-2-3-4-16-13-32-26(33-14-16)18-11-21(27)20(22(28)12-18)8-6-15-5-7-19-17(9-15)10-23(29)25(31)24(19)30/h2,5,7,9-14H,1,3-4H2. The summed E-state index contributed by atoms with van der Waals surface area (Å²) >= 11 is 0. The molecule has 0 aliphatic rings. The van der Waals surface area contributed by atoms with Gasteiger partial charge in [-0.2, -0.15) is 0 Å². The molecule has 2 nitrogen and oxygen atoms in total. The van der Waals surface area contributed by atoms with Crippen LogP contribution in [-0.4, -0.2) is 9.97 Å². The molecule has 3 aromatic carbocycles. The van der Waals surface area contributed by atoms with E-state index in [2.05, 4.69) is 28.4 Å². The van der Waals surface area contributed by atoms with Gasteiger partial charge in [0.1, 0.15) is 11.6 Å². The average Bonchev–Trinajstić information content (AvgIpc) is 2.81. The molecule has 7 heteroatoms. The summed E-state index contributed by atoms with van der Waals surface area (Å²) in [5.74, 6) is -0.895. The zero-order valence-electron chi connectivity index (χ0n) is 17.1. The average molecular weight is 450 g/mol. The number of hydrogen-bond acceptors (Lipinski definition) is 2. The monoisotopic (exact) mass is 450 g/mol. The smallest absolute Gasteiger partial charge is 0.195 e. The van der Waals surface area contributed by atoms with Crippen LogP contribution in [0.2, 0.25) is 0 Å². The van der Waals surface area contributed by atoms with Gasteiger partial charge in [-0.3, -0.25) is 0 Å². The number of allylic oxidation sites excluding steroid dienone is 1. The van der Waals surface area contributed by atoms with Crippen molar-refractivity contribution in [3.8, 4) is 23.2 Å². The quantitative estimate of drug-likeness (QED) is 0.153. The van der Waals surface area contributed by atoms with Gasteiger partial charge in [0.2, 0.25) is 0 Å². The van der Waals surface area contributed by atoms with Crippen molar-refractivity contribution in [1.29, 1.82) is 0 Å². The number of aromatic nitrogens is 2. The Morgan fingerprint density at radius 2 is 1.52 bits per heavy atom. The van der Waals surface area contributed by atoms with Gasteiger partial charge < -0.3 is 0 Å². The Bertz CT molecular complexity index is 1410. The van der Waals surface area contributed by atoms with E-state index in [9.17, 15) is 22.0 Å². The van der Waals surface area contributed by atoms with E-state index in [0.29, 0.717) is 6.42 Å². The first-order valence-corrected chi connectivity index (χ1v) is 9.88. The molecule has 1 aromatic heterocycles. The Kier molecular flexibility index (Phi) is 6.18. The van der Waals surface area contributed by atoms with Crippen molar-refractivity contribution in [3.63, 3.8) is 0 Å². The lowest BCUT2D eigenvalue weighted by atomic mass is 10.1. The summed E-state index contributed by atoms with van der Waals surface area (Å²) < 4.78 is 69.9. The van der Waals surface area contributed by atoms with Crippen LogP contribution in [0.1, 0.15) is 23.1 Å². The van der Waals surface area contributed by atoms with E-state index in [1.165, 1.54) is 18.2 Å². The molecule has 0 radical (unpaired) electrons. The fourth-order valence-corrected chi connectivity index (χ4v) is 3.24. The highest BCUT2D eigenvalue weighted by Crippen LogP contribution is 2.25. The Morgan fingerprint density at radius 3 is 2.18 bits per heavy atom. The molecule has 4 rings (SSSR count). The van der Waals surface area contributed by atoms with Gasteiger partial charge >= 0.3 is 0 Å². The molecule has 4 aromatic rings. The van der Waals surface area contributed by atoms with Crippen LogP contribution < -0.4 is 0 Å². The zero-order chi connectivity index (χ0) is 23.5. The molecule has 0 amide bonds. The van der Waals surface area contributed by atoms with E-state index in [-0.39, 0.29) is 27.7 Å². The summed E-state index contributed by atoms with van der Waals surface area (Å²) in [5, 5.41) is -0.0557. The van der Waals surface area contributed by atoms with E-state index >= 15 is 0 Å². The highest BCUT2D eigenvalue weighted by molar-refractivity contribution is 5.84. The molecule has 1 heterocycles. The third-order valence-corrected chi connectivity index (χ3v) is 4.95. The molecule has 0 unspecified atom stereocenters. The predicted octanol–water partition coefficient (Wildman–Crippen LogP) is 6.51. The second-order valence-electron chi connectivity index (χ2n) is 7.23. The fourth-order valence-electron chi connectivity index (χ4n) is 3.24. The third-order valence-electron chi connectivity index (χ3n) is 4.95. The molecule has 0 saturated carbocycles. The van der Waals surface area contributed by atoms with Crippen LogP contribution in [0.15, 0.2) is 61.4 Å². The van der Waals surface area contributed by atoms with Crippen LogP contribution in [0, 0.1) is 40.9 Å². The number of halogens is 5. The minimum Gasteiger partial charge on any atom is -0.236 e. The first kappa shape index (κ1) is 22.2. The molecular weight excluding hydrogens is 435 g/mol. The van der Waals surface area contributed by atoms with E-state index in [1.54, 1.807) is 18.5 Å². The number of rotatable bonds is 4. The van der Waals surface area contributed by atoms with Crippen molar-refractivity contribution < 1.29 is 22.0 Å². The Labute approximate surface area is 186 Å². The zero-order valence-corrected chi connectivity index (χ0v) is 17.1. The fraction of sp³-hybridized carbons (Fsp3) is 0.0769. The van der Waals surface area contributed by atoms with Gasteiger partial charge in [-0.15, -0.1) is 6.58 Å². The van der Waals surface area contributed by atoms with Crippen molar-refractivity contribution in [1.82, 2.24) is 9.97 Å². The number of hydrogen-bond donors (Lipinski definition) is 0. The molecule has 164 valence electrons. The highest BCUT2D eigenvalue weighted by atomic mass is 19.2. The number of fused-ring (bicyclic) bond motifs is 1. The molecule has 0 fully saturated rings. The predicted molar refractivity (Wildman–Crippen MR) is 116 cm³/mol. The maximum Gasteiger partial charge on any atom is 0.195 e. The van der Waals surface area contributed by atoms with Crippen molar-refractivity contribution >= 4 is 10.8 Å². The summed E-state index contributed by atoms with van der Waals surface area (Å²) in [5.41, 5.74) is 0.802.